The molecular weight excluding hydrogens is 411 g/mol. The highest BCUT2D eigenvalue weighted by Crippen LogP contribution is 2.36. The van der Waals surface area contributed by atoms with Gasteiger partial charge in [0, 0.05) is 28.1 Å². The number of halogens is 1. The predicted molar refractivity (Wildman–Crippen MR) is 132 cm³/mol. The molecule has 3 aromatic heterocycles. The van der Waals surface area contributed by atoms with Gasteiger partial charge in [-0.15, -0.1) is 0 Å². The van der Waals surface area contributed by atoms with Crippen molar-refractivity contribution in [2.45, 2.75) is 34.1 Å². The van der Waals surface area contributed by atoms with E-state index in [0.29, 0.717) is 11.6 Å². The van der Waals surface area contributed by atoms with E-state index in [1.54, 1.807) is 6.07 Å². The highest BCUT2D eigenvalue weighted by atomic mass is 19.1. The number of furan rings is 1. The summed E-state index contributed by atoms with van der Waals surface area (Å²) >= 11 is 0. The van der Waals surface area contributed by atoms with Crippen molar-refractivity contribution >= 4 is 22.1 Å². The molecule has 3 nitrogen and oxygen atoms in total. The first-order chi connectivity index (χ1) is 15.8. The summed E-state index contributed by atoms with van der Waals surface area (Å²) in [6.07, 6.45) is 2.83. The summed E-state index contributed by atoms with van der Waals surface area (Å²) in [5.41, 5.74) is 8.56. The zero-order chi connectivity index (χ0) is 23.3. The molecule has 3 heterocycles. The van der Waals surface area contributed by atoms with Gasteiger partial charge in [-0.05, 0) is 73.2 Å². The molecule has 0 atom stereocenters. The number of aryl methyl sites for hydroxylation is 3. The van der Waals surface area contributed by atoms with Crippen molar-refractivity contribution in [3.63, 3.8) is 0 Å². The van der Waals surface area contributed by atoms with E-state index in [1.165, 1.54) is 0 Å². The van der Waals surface area contributed by atoms with Crippen molar-refractivity contribution in [1.29, 1.82) is 0 Å². The molecule has 0 fully saturated rings. The van der Waals surface area contributed by atoms with Gasteiger partial charge in [-0.1, -0.05) is 32.0 Å². The second-order valence-corrected chi connectivity index (χ2v) is 9.36. The van der Waals surface area contributed by atoms with Crippen LogP contribution in [-0.2, 0) is 13.5 Å². The Morgan fingerprint density at radius 1 is 0.939 bits per heavy atom. The number of rotatable bonds is 4. The average Bonchev–Trinajstić information content (AvgIpc) is 3.12. The Morgan fingerprint density at radius 2 is 1.70 bits per heavy atom. The Kier molecular flexibility index (Phi) is 5.24. The van der Waals surface area contributed by atoms with E-state index in [2.05, 4.69) is 66.9 Å². The van der Waals surface area contributed by atoms with Gasteiger partial charge in [-0.2, -0.15) is 0 Å². The maximum absolute atomic E-state index is 14.3. The fourth-order valence-corrected chi connectivity index (χ4v) is 4.62. The topological polar surface area (TPSA) is 29.9 Å². The molecule has 33 heavy (non-hydrogen) atoms. The lowest BCUT2D eigenvalue weighted by Crippen LogP contribution is -2.31. The average molecular weight is 440 g/mol. The van der Waals surface area contributed by atoms with Crippen LogP contribution in [-0.4, -0.2) is 4.98 Å². The van der Waals surface area contributed by atoms with Gasteiger partial charge in [0.25, 0.3) is 0 Å². The van der Waals surface area contributed by atoms with Crippen molar-refractivity contribution in [3.8, 4) is 22.4 Å². The monoisotopic (exact) mass is 439 g/mol. The van der Waals surface area contributed by atoms with Gasteiger partial charge in [0.15, 0.2) is 11.8 Å². The zero-order valence-corrected chi connectivity index (χ0v) is 19.7. The molecule has 0 unspecified atom stereocenters. The van der Waals surface area contributed by atoms with Gasteiger partial charge in [-0.25, -0.2) is 13.9 Å². The molecule has 0 aliphatic heterocycles. The van der Waals surface area contributed by atoms with Crippen LogP contribution in [0.4, 0.5) is 4.39 Å². The Balaban J connectivity index is 1.64. The first-order valence-corrected chi connectivity index (χ1v) is 11.4. The summed E-state index contributed by atoms with van der Waals surface area (Å²) in [7, 11) is 2.04. The fraction of sp³-hybridized carbons (Fsp3) is 0.241. The minimum absolute atomic E-state index is 0.135. The van der Waals surface area contributed by atoms with E-state index in [1.807, 2.05) is 32.2 Å². The van der Waals surface area contributed by atoms with Crippen LogP contribution >= 0.6 is 0 Å². The zero-order valence-electron chi connectivity index (χ0n) is 19.7. The molecule has 0 aliphatic carbocycles. The van der Waals surface area contributed by atoms with Crippen molar-refractivity contribution in [3.05, 3.63) is 83.4 Å². The molecule has 4 heteroatoms. The number of aromatic nitrogens is 2. The number of nitrogens with zero attached hydrogens (tertiary/aromatic N) is 2. The molecule has 5 aromatic rings. The minimum atomic E-state index is -0.135. The molecule has 166 valence electrons. The molecule has 0 saturated heterocycles. The van der Waals surface area contributed by atoms with E-state index in [9.17, 15) is 4.39 Å². The number of hydrogen-bond acceptors (Lipinski definition) is 2. The van der Waals surface area contributed by atoms with Gasteiger partial charge in [0.1, 0.15) is 12.9 Å². The van der Waals surface area contributed by atoms with Crippen LogP contribution in [0.2, 0.25) is 0 Å². The molecule has 0 N–H and O–H groups in total. The van der Waals surface area contributed by atoms with Gasteiger partial charge >= 0.3 is 0 Å². The number of pyridine rings is 2. The highest BCUT2D eigenvalue weighted by molar-refractivity contribution is 6.08. The molecule has 0 saturated carbocycles. The van der Waals surface area contributed by atoms with Crippen LogP contribution in [0.1, 0.15) is 30.7 Å². The van der Waals surface area contributed by atoms with Gasteiger partial charge in [-0.3, -0.25) is 0 Å². The molecule has 2 aromatic carbocycles. The predicted octanol–water partition coefficient (Wildman–Crippen LogP) is 7.09. The maximum atomic E-state index is 14.3. The highest BCUT2D eigenvalue weighted by Gasteiger charge is 2.21. The molecule has 0 aliphatic rings. The Bertz CT molecular complexity index is 1510. The van der Waals surface area contributed by atoms with Crippen molar-refractivity contribution < 1.29 is 13.4 Å². The van der Waals surface area contributed by atoms with Crippen LogP contribution in [0.15, 0.2) is 65.2 Å². The Hall–Kier alpha value is -3.53. The minimum Gasteiger partial charge on any atom is -0.437 e. The summed E-state index contributed by atoms with van der Waals surface area (Å²) in [5, 5.41) is 2.10. The largest absolute Gasteiger partial charge is 0.437 e. The molecule has 0 radical (unpaired) electrons. The smallest absolute Gasteiger partial charge is 0.227 e. The van der Waals surface area contributed by atoms with E-state index in [-0.39, 0.29) is 5.82 Å². The van der Waals surface area contributed by atoms with Gasteiger partial charge < -0.3 is 4.42 Å². The van der Waals surface area contributed by atoms with Crippen molar-refractivity contribution in [1.82, 2.24) is 4.98 Å². The molecule has 5 rings (SSSR count). The summed E-state index contributed by atoms with van der Waals surface area (Å²) in [6.45, 7) is 8.30. The van der Waals surface area contributed by atoms with Crippen LogP contribution in [0.5, 0.6) is 0 Å². The van der Waals surface area contributed by atoms with E-state index >= 15 is 0 Å². The fourth-order valence-electron chi connectivity index (χ4n) is 4.62. The standard InChI is InChI=1S/C29H28FN2O/c1-17(2)14-22-15-20(8-12-25(22)30)21-9-13-26(32(5)16-21)27-18(3)6-10-23-24-11-7-19(4)31-29(24)33-28(23)27/h6-13,15-17H,14H2,1-5H3/q+1. The summed E-state index contributed by atoms with van der Waals surface area (Å²) in [5.74, 6) is 0.267. The summed E-state index contributed by atoms with van der Waals surface area (Å²) in [4.78, 5) is 4.59. The van der Waals surface area contributed by atoms with E-state index < -0.39 is 0 Å². The van der Waals surface area contributed by atoms with Crippen molar-refractivity contribution in [2.75, 3.05) is 0 Å². The third-order valence-corrected chi connectivity index (χ3v) is 6.25. The van der Waals surface area contributed by atoms with Gasteiger partial charge in [0.05, 0.1) is 5.56 Å². The first kappa shape index (κ1) is 21.3. The SMILES string of the molecule is Cc1ccc2c(n1)oc1c(-c3ccc(-c4ccc(F)c(CC(C)C)c4)c[n+]3C)c(C)ccc12. The van der Waals surface area contributed by atoms with Crippen LogP contribution in [0, 0.1) is 25.6 Å². The lowest BCUT2D eigenvalue weighted by molar-refractivity contribution is -0.659. The Labute approximate surface area is 193 Å². The van der Waals surface area contributed by atoms with E-state index in [4.69, 9.17) is 4.42 Å². The second kappa shape index (κ2) is 8.11. The molecular formula is C29H28FN2O+. The van der Waals surface area contributed by atoms with Crippen molar-refractivity contribution in [2.24, 2.45) is 13.0 Å². The van der Waals surface area contributed by atoms with Gasteiger partial charge in [0.2, 0.25) is 11.4 Å². The van der Waals surface area contributed by atoms with E-state index in [0.717, 1.165) is 62.0 Å². The summed E-state index contributed by atoms with van der Waals surface area (Å²) in [6, 6.07) is 18.0. The second-order valence-electron chi connectivity index (χ2n) is 9.36. The Morgan fingerprint density at radius 3 is 2.45 bits per heavy atom. The van der Waals surface area contributed by atoms with Crippen LogP contribution in [0.3, 0.4) is 0 Å². The lowest BCUT2D eigenvalue weighted by Gasteiger charge is -2.10. The molecule has 0 spiro atoms. The number of benzene rings is 2. The molecule has 0 amide bonds. The number of fused-ring (bicyclic) bond motifs is 3. The molecule has 0 bridgehead atoms. The maximum Gasteiger partial charge on any atom is 0.227 e. The lowest BCUT2D eigenvalue weighted by atomic mass is 9.97. The number of hydrogen-bond donors (Lipinski definition) is 0. The third-order valence-electron chi connectivity index (χ3n) is 6.25. The van der Waals surface area contributed by atoms with Crippen LogP contribution in [0.25, 0.3) is 44.5 Å². The quantitative estimate of drug-likeness (QED) is 0.280. The normalized spacial score (nSPS) is 11.7. The van der Waals surface area contributed by atoms with Crippen LogP contribution < -0.4 is 4.57 Å². The summed E-state index contributed by atoms with van der Waals surface area (Å²) < 4.78 is 22.7. The first-order valence-electron chi connectivity index (χ1n) is 11.4. The third kappa shape index (κ3) is 3.80.